The molecule has 0 aliphatic rings. The molecule has 6 aromatic heterocycles. The molecule has 0 bridgehead atoms. The van der Waals surface area contributed by atoms with Crippen molar-refractivity contribution in [3.8, 4) is 0 Å². The standard InChI is InChI=1S/3C20H22N4.2C8H6O4/c3*1-15-21-17-9-3-5-11-19(17)23(15)13-7-8-14-24-16(2)22-18-10-4-6-12-20(18)24;2*9-7(10)5-1-2-6(4-3-5)8(11)12/h3*3-6,9-12H,7-8,13-14H2,1-2H3;2*1-4H,(H,9,10)(H,11,12). The molecule has 490 valence electrons. The van der Waals surface area contributed by atoms with Crippen LogP contribution in [0.3, 0.4) is 0 Å². The molecule has 14 aromatic rings. The van der Waals surface area contributed by atoms with Gasteiger partial charge in [0.25, 0.3) is 0 Å². The molecule has 0 spiro atoms. The van der Waals surface area contributed by atoms with Crippen LogP contribution in [0.25, 0.3) is 66.2 Å². The Bertz CT molecular complexity index is 4240. The maximum atomic E-state index is 10.3. The third kappa shape index (κ3) is 16.3. The predicted molar refractivity (Wildman–Crippen MR) is 375 cm³/mol. The van der Waals surface area contributed by atoms with E-state index in [0.717, 1.165) is 146 Å². The fourth-order valence-corrected chi connectivity index (χ4v) is 12.0. The lowest BCUT2D eigenvalue weighted by molar-refractivity contribution is 0.0681. The summed E-state index contributed by atoms with van der Waals surface area (Å²) in [5.74, 6) is 2.33. The van der Waals surface area contributed by atoms with Crippen molar-refractivity contribution in [3.63, 3.8) is 0 Å². The largest absolute Gasteiger partial charge is 0.478 e. The van der Waals surface area contributed by atoms with Crippen LogP contribution in [0, 0.1) is 41.5 Å². The number of para-hydroxylation sites is 12. The molecule has 0 saturated carbocycles. The van der Waals surface area contributed by atoms with Crippen molar-refractivity contribution < 1.29 is 39.6 Å². The van der Waals surface area contributed by atoms with Crippen molar-refractivity contribution in [3.05, 3.63) is 251 Å². The van der Waals surface area contributed by atoms with Crippen molar-refractivity contribution in [1.82, 2.24) is 57.3 Å². The summed E-state index contributed by atoms with van der Waals surface area (Å²) >= 11 is 0. The van der Waals surface area contributed by atoms with Gasteiger partial charge in [0.1, 0.15) is 34.9 Å². The first-order chi connectivity index (χ1) is 46.4. The summed E-state index contributed by atoms with van der Waals surface area (Å²) in [6, 6.07) is 60.3. The number of aryl methyl sites for hydroxylation is 12. The normalized spacial score (nSPS) is 11.0. The van der Waals surface area contributed by atoms with Crippen molar-refractivity contribution in [1.29, 1.82) is 0 Å². The highest BCUT2D eigenvalue weighted by atomic mass is 16.4. The minimum atomic E-state index is -1.06. The molecular weight excluding hydrogens is 1210 g/mol. The average Bonchev–Trinajstić information content (AvgIpc) is 1.71. The number of carboxylic acids is 4. The molecule has 14 rings (SSSR count). The summed E-state index contributed by atoms with van der Waals surface area (Å²) < 4.78 is 14.0. The highest BCUT2D eigenvalue weighted by molar-refractivity contribution is 5.92. The van der Waals surface area contributed by atoms with E-state index in [0.29, 0.717) is 0 Å². The number of nitrogens with zero attached hydrogens (tertiary/aromatic N) is 12. The van der Waals surface area contributed by atoms with Gasteiger partial charge in [-0.1, -0.05) is 72.8 Å². The summed E-state index contributed by atoms with van der Waals surface area (Å²) in [4.78, 5) is 69.2. The van der Waals surface area contributed by atoms with Gasteiger partial charge in [-0.15, -0.1) is 0 Å². The minimum absolute atomic E-state index is 0.0833. The van der Waals surface area contributed by atoms with Gasteiger partial charge in [-0.25, -0.2) is 49.1 Å². The van der Waals surface area contributed by atoms with E-state index >= 15 is 0 Å². The highest BCUT2D eigenvalue weighted by Crippen LogP contribution is 2.23. The summed E-state index contributed by atoms with van der Waals surface area (Å²) in [5.41, 5.74) is 14.3. The van der Waals surface area contributed by atoms with E-state index in [-0.39, 0.29) is 22.3 Å². The number of benzene rings is 8. The van der Waals surface area contributed by atoms with Crippen LogP contribution in [0.15, 0.2) is 194 Å². The number of hydrogen-bond acceptors (Lipinski definition) is 10. The second kappa shape index (κ2) is 31.4. The SMILES string of the molecule is Cc1nc2ccccc2n1CCCCn1c(C)nc2ccccc21.Cc1nc2ccccc2n1CCCCn1c(C)nc2ccccc21.Cc1nc2ccccc2n1CCCCn1c(C)nc2ccccc21.O=C(O)c1ccc(C(=O)O)cc1.O=C(O)c1ccc(C(=O)O)cc1. The van der Waals surface area contributed by atoms with Crippen molar-refractivity contribution in [2.45, 2.75) is 119 Å². The van der Waals surface area contributed by atoms with Crippen LogP contribution in [-0.4, -0.2) is 102 Å². The van der Waals surface area contributed by atoms with Gasteiger partial charge in [-0.05, 0) is 201 Å². The summed E-state index contributed by atoms with van der Waals surface area (Å²) in [7, 11) is 0. The number of rotatable bonds is 19. The Morgan fingerprint density at radius 2 is 0.375 bits per heavy atom. The molecule has 0 fully saturated rings. The average molecular weight is 1290 g/mol. The third-order valence-corrected chi connectivity index (χ3v) is 16.9. The first-order valence-electron chi connectivity index (χ1n) is 32.1. The Labute approximate surface area is 555 Å². The molecule has 0 aliphatic heterocycles. The van der Waals surface area contributed by atoms with Crippen LogP contribution in [0.5, 0.6) is 0 Å². The molecule has 0 atom stereocenters. The first kappa shape index (κ1) is 67.4. The maximum Gasteiger partial charge on any atom is 0.335 e. The zero-order valence-corrected chi connectivity index (χ0v) is 54.7. The van der Waals surface area contributed by atoms with Gasteiger partial charge in [0.15, 0.2) is 0 Å². The van der Waals surface area contributed by atoms with E-state index in [1.54, 1.807) is 0 Å². The monoisotopic (exact) mass is 1290 g/mol. The number of imidazole rings is 6. The number of aromatic nitrogens is 12. The number of aromatic carboxylic acids is 4. The Kier molecular flexibility index (Phi) is 22.0. The Morgan fingerprint density at radius 1 is 0.240 bits per heavy atom. The summed E-state index contributed by atoms with van der Waals surface area (Å²) in [5, 5.41) is 33.9. The molecular formula is C76H78N12O8. The van der Waals surface area contributed by atoms with Gasteiger partial charge in [-0.3, -0.25) is 0 Å². The fourth-order valence-electron chi connectivity index (χ4n) is 12.0. The zero-order chi connectivity index (χ0) is 67.8. The number of carboxylic acid groups (broad SMARTS) is 4. The van der Waals surface area contributed by atoms with Gasteiger partial charge in [0, 0.05) is 39.3 Å². The van der Waals surface area contributed by atoms with Gasteiger partial charge >= 0.3 is 23.9 Å². The molecule has 4 N–H and O–H groups in total. The van der Waals surface area contributed by atoms with E-state index in [1.807, 2.05) is 36.4 Å². The van der Waals surface area contributed by atoms with Crippen molar-refractivity contribution in [2.24, 2.45) is 0 Å². The lowest BCUT2D eigenvalue weighted by Crippen LogP contribution is -2.04. The van der Waals surface area contributed by atoms with Crippen LogP contribution >= 0.6 is 0 Å². The van der Waals surface area contributed by atoms with E-state index < -0.39 is 23.9 Å². The molecule has 20 nitrogen and oxygen atoms in total. The van der Waals surface area contributed by atoms with Crippen LogP contribution in [0.1, 0.15) is 115 Å². The van der Waals surface area contributed by atoms with E-state index in [9.17, 15) is 19.2 Å². The topological polar surface area (TPSA) is 256 Å². The van der Waals surface area contributed by atoms with Gasteiger partial charge in [0.2, 0.25) is 0 Å². The molecule has 0 amide bonds. The smallest absolute Gasteiger partial charge is 0.335 e. The van der Waals surface area contributed by atoms with Gasteiger partial charge in [0.05, 0.1) is 88.5 Å². The Morgan fingerprint density at radius 3 is 0.510 bits per heavy atom. The fraction of sp³-hybridized carbons (Fsp3) is 0.237. The van der Waals surface area contributed by atoms with Crippen LogP contribution < -0.4 is 0 Å². The molecule has 8 aromatic carbocycles. The molecule has 0 radical (unpaired) electrons. The molecule has 0 saturated heterocycles. The number of carbonyl (C=O) groups is 4. The van der Waals surface area contributed by atoms with Crippen LogP contribution in [0.2, 0.25) is 0 Å². The van der Waals surface area contributed by atoms with Crippen LogP contribution in [0.4, 0.5) is 0 Å². The quantitative estimate of drug-likeness (QED) is 0.0549. The molecule has 6 heterocycles. The van der Waals surface area contributed by atoms with E-state index in [4.69, 9.17) is 20.4 Å². The molecule has 96 heavy (non-hydrogen) atoms. The van der Waals surface area contributed by atoms with Gasteiger partial charge < -0.3 is 47.8 Å². The second-order valence-electron chi connectivity index (χ2n) is 23.3. The van der Waals surface area contributed by atoms with E-state index in [2.05, 4.69) is 208 Å². The zero-order valence-electron chi connectivity index (χ0n) is 54.7. The number of hydrogen-bond donors (Lipinski definition) is 4. The third-order valence-electron chi connectivity index (χ3n) is 16.9. The Hall–Kier alpha value is -11.5. The maximum absolute atomic E-state index is 10.3. The molecule has 0 aliphatic carbocycles. The summed E-state index contributed by atoms with van der Waals surface area (Å²) in [6.45, 7) is 18.6. The lowest BCUT2D eigenvalue weighted by atomic mass is 10.1. The van der Waals surface area contributed by atoms with Crippen molar-refractivity contribution >= 4 is 90.1 Å². The molecule has 0 unspecified atom stereocenters. The van der Waals surface area contributed by atoms with E-state index in [1.165, 1.54) is 81.6 Å². The Balaban J connectivity index is 0.000000135. The lowest BCUT2D eigenvalue weighted by Gasteiger charge is -2.09. The molecule has 20 heteroatoms. The minimum Gasteiger partial charge on any atom is -0.478 e. The van der Waals surface area contributed by atoms with Crippen molar-refractivity contribution in [2.75, 3.05) is 0 Å². The summed E-state index contributed by atoms with van der Waals surface area (Å²) in [6.07, 6.45) is 6.79. The number of fused-ring (bicyclic) bond motifs is 6. The highest BCUT2D eigenvalue weighted by Gasteiger charge is 2.14. The predicted octanol–water partition coefficient (Wildman–Crippen LogP) is 15.6. The second-order valence-corrected chi connectivity index (χ2v) is 23.3. The first-order valence-corrected chi connectivity index (χ1v) is 32.1. The van der Waals surface area contributed by atoms with Gasteiger partial charge in [-0.2, -0.15) is 0 Å². The van der Waals surface area contributed by atoms with Crippen LogP contribution in [-0.2, 0) is 39.3 Å². The number of unbranched alkanes of at least 4 members (excludes halogenated alkanes) is 3.